The third kappa shape index (κ3) is 3.12. The van der Waals surface area contributed by atoms with E-state index in [4.69, 9.17) is 5.11 Å². The van der Waals surface area contributed by atoms with Gasteiger partial charge in [0, 0.05) is 6.54 Å². The van der Waals surface area contributed by atoms with Gasteiger partial charge in [-0.2, -0.15) is 0 Å². The van der Waals surface area contributed by atoms with E-state index in [1.165, 1.54) is 5.56 Å². The van der Waals surface area contributed by atoms with Gasteiger partial charge in [0.15, 0.2) is 0 Å². The van der Waals surface area contributed by atoms with Gasteiger partial charge in [0.05, 0.1) is 6.61 Å². The molecule has 0 heterocycles. The van der Waals surface area contributed by atoms with Crippen molar-refractivity contribution in [3.63, 3.8) is 0 Å². The highest BCUT2D eigenvalue weighted by atomic mass is 79.9. The van der Waals surface area contributed by atoms with Crippen LogP contribution in [-0.4, -0.2) is 21.9 Å². The summed E-state index contributed by atoms with van der Waals surface area (Å²) < 4.78 is -0.298. The number of carbonyl (C=O) groups is 1. The van der Waals surface area contributed by atoms with Crippen molar-refractivity contribution in [1.29, 1.82) is 0 Å². The number of carbonyl (C=O) groups excluding carboxylic acids is 1. The van der Waals surface area contributed by atoms with Gasteiger partial charge in [-0.05, 0) is 36.8 Å². The molecule has 0 atom stereocenters. The van der Waals surface area contributed by atoms with E-state index >= 15 is 0 Å². The number of halogens is 1. The number of aliphatic hydroxyl groups is 1. The second-order valence-corrected chi connectivity index (χ2v) is 6.32. The standard InChI is InChI=1S/C14H18BrNO2/c15-14(7-1-8-14)13(18)16-9-6-11-2-4-12(10-17)5-3-11/h2-5,17H,1,6-10H2,(H,16,18). The van der Waals surface area contributed by atoms with Crippen LogP contribution in [0.5, 0.6) is 0 Å². The third-order valence-corrected chi connectivity index (χ3v) is 4.61. The second kappa shape index (κ2) is 5.85. The Labute approximate surface area is 116 Å². The first kappa shape index (κ1) is 13.6. The Kier molecular flexibility index (Phi) is 4.40. The van der Waals surface area contributed by atoms with E-state index in [0.717, 1.165) is 31.2 Å². The molecule has 1 saturated carbocycles. The van der Waals surface area contributed by atoms with Crippen molar-refractivity contribution in [3.05, 3.63) is 35.4 Å². The topological polar surface area (TPSA) is 49.3 Å². The molecular weight excluding hydrogens is 294 g/mol. The highest BCUT2D eigenvalue weighted by Crippen LogP contribution is 2.40. The summed E-state index contributed by atoms with van der Waals surface area (Å²) in [6, 6.07) is 7.81. The molecule has 0 bridgehead atoms. The first-order valence-corrected chi connectivity index (χ1v) is 7.09. The summed E-state index contributed by atoms with van der Waals surface area (Å²) in [6.07, 6.45) is 3.82. The van der Waals surface area contributed by atoms with Crippen LogP contribution in [0.4, 0.5) is 0 Å². The summed E-state index contributed by atoms with van der Waals surface area (Å²) in [5, 5.41) is 11.9. The first-order chi connectivity index (χ1) is 8.64. The molecule has 1 amide bonds. The summed E-state index contributed by atoms with van der Waals surface area (Å²) in [5.41, 5.74) is 2.08. The molecule has 0 unspecified atom stereocenters. The maximum Gasteiger partial charge on any atom is 0.236 e. The number of aliphatic hydroxyl groups excluding tert-OH is 1. The first-order valence-electron chi connectivity index (χ1n) is 6.30. The molecule has 0 saturated heterocycles. The fraction of sp³-hybridized carbons (Fsp3) is 0.500. The predicted molar refractivity (Wildman–Crippen MR) is 74.6 cm³/mol. The van der Waals surface area contributed by atoms with Crippen LogP contribution >= 0.6 is 15.9 Å². The molecule has 1 aliphatic carbocycles. The number of hydrogen-bond donors (Lipinski definition) is 2. The van der Waals surface area contributed by atoms with Crippen LogP contribution in [0, 0.1) is 0 Å². The Morgan fingerprint density at radius 1 is 1.28 bits per heavy atom. The predicted octanol–water partition coefficient (Wildman–Crippen LogP) is 2.16. The highest BCUT2D eigenvalue weighted by Gasteiger charge is 2.41. The van der Waals surface area contributed by atoms with E-state index < -0.39 is 0 Å². The lowest BCUT2D eigenvalue weighted by Crippen LogP contribution is -2.47. The van der Waals surface area contributed by atoms with Crippen LogP contribution in [0.25, 0.3) is 0 Å². The van der Waals surface area contributed by atoms with Gasteiger partial charge < -0.3 is 10.4 Å². The molecule has 1 aliphatic rings. The van der Waals surface area contributed by atoms with Gasteiger partial charge in [0.25, 0.3) is 0 Å². The van der Waals surface area contributed by atoms with Gasteiger partial charge in [-0.1, -0.05) is 40.2 Å². The fourth-order valence-electron chi connectivity index (χ4n) is 2.00. The van der Waals surface area contributed by atoms with Crippen molar-refractivity contribution < 1.29 is 9.90 Å². The van der Waals surface area contributed by atoms with Crippen molar-refractivity contribution in [2.24, 2.45) is 0 Å². The van der Waals surface area contributed by atoms with Crippen molar-refractivity contribution in [2.45, 2.75) is 36.6 Å². The van der Waals surface area contributed by atoms with Crippen molar-refractivity contribution in [1.82, 2.24) is 5.32 Å². The monoisotopic (exact) mass is 311 g/mol. The lowest BCUT2D eigenvalue weighted by Gasteiger charge is -2.34. The van der Waals surface area contributed by atoms with Crippen molar-refractivity contribution >= 4 is 21.8 Å². The van der Waals surface area contributed by atoms with Gasteiger partial charge in [-0.15, -0.1) is 0 Å². The Morgan fingerprint density at radius 3 is 2.39 bits per heavy atom. The summed E-state index contributed by atoms with van der Waals surface area (Å²) in [4.78, 5) is 11.8. The maximum atomic E-state index is 11.8. The van der Waals surface area contributed by atoms with E-state index in [9.17, 15) is 4.79 Å². The Morgan fingerprint density at radius 2 is 1.89 bits per heavy atom. The molecule has 1 aromatic rings. The Bertz CT molecular complexity index is 412. The summed E-state index contributed by atoms with van der Waals surface area (Å²) >= 11 is 3.50. The quantitative estimate of drug-likeness (QED) is 0.819. The van der Waals surface area contributed by atoms with E-state index in [2.05, 4.69) is 21.2 Å². The van der Waals surface area contributed by atoms with E-state index in [0.29, 0.717) is 6.54 Å². The van der Waals surface area contributed by atoms with Crippen LogP contribution in [0.15, 0.2) is 24.3 Å². The summed E-state index contributed by atoms with van der Waals surface area (Å²) in [7, 11) is 0. The smallest absolute Gasteiger partial charge is 0.236 e. The molecule has 0 aromatic heterocycles. The van der Waals surface area contributed by atoms with Gasteiger partial charge in [-0.3, -0.25) is 4.79 Å². The zero-order valence-electron chi connectivity index (χ0n) is 10.3. The van der Waals surface area contributed by atoms with Crippen LogP contribution in [0.1, 0.15) is 30.4 Å². The van der Waals surface area contributed by atoms with Gasteiger partial charge >= 0.3 is 0 Å². The van der Waals surface area contributed by atoms with Gasteiger partial charge in [-0.25, -0.2) is 0 Å². The minimum Gasteiger partial charge on any atom is -0.392 e. The summed E-state index contributed by atoms with van der Waals surface area (Å²) in [5.74, 6) is 0.112. The lowest BCUT2D eigenvalue weighted by molar-refractivity contribution is -0.125. The Hall–Kier alpha value is -0.870. The molecule has 0 radical (unpaired) electrons. The number of benzene rings is 1. The molecule has 1 fully saturated rings. The van der Waals surface area contributed by atoms with Gasteiger partial charge in [0.1, 0.15) is 4.32 Å². The zero-order valence-corrected chi connectivity index (χ0v) is 11.9. The number of rotatable bonds is 5. The highest BCUT2D eigenvalue weighted by molar-refractivity contribution is 9.10. The molecule has 2 rings (SSSR count). The van der Waals surface area contributed by atoms with E-state index in [-0.39, 0.29) is 16.8 Å². The molecule has 0 spiro atoms. The molecule has 2 N–H and O–H groups in total. The average Bonchev–Trinajstić information content (AvgIpc) is 2.36. The minimum absolute atomic E-state index is 0.0725. The number of nitrogens with one attached hydrogen (secondary N) is 1. The van der Waals surface area contributed by atoms with Crippen LogP contribution < -0.4 is 5.32 Å². The molecule has 18 heavy (non-hydrogen) atoms. The molecule has 4 heteroatoms. The third-order valence-electron chi connectivity index (χ3n) is 3.46. The lowest BCUT2D eigenvalue weighted by atomic mass is 9.84. The van der Waals surface area contributed by atoms with E-state index in [1.807, 2.05) is 24.3 Å². The van der Waals surface area contributed by atoms with Crippen molar-refractivity contribution in [2.75, 3.05) is 6.54 Å². The molecule has 0 aliphatic heterocycles. The van der Waals surface area contributed by atoms with Gasteiger partial charge in [0.2, 0.25) is 5.91 Å². The molecular formula is C14H18BrNO2. The van der Waals surface area contributed by atoms with Crippen LogP contribution in [0.2, 0.25) is 0 Å². The van der Waals surface area contributed by atoms with Crippen molar-refractivity contribution in [3.8, 4) is 0 Å². The van der Waals surface area contributed by atoms with Crippen LogP contribution in [0.3, 0.4) is 0 Å². The molecule has 1 aromatic carbocycles. The number of hydrogen-bond acceptors (Lipinski definition) is 2. The average molecular weight is 312 g/mol. The molecule has 98 valence electrons. The number of amides is 1. The number of alkyl halides is 1. The largest absolute Gasteiger partial charge is 0.392 e. The fourth-order valence-corrected chi connectivity index (χ4v) is 2.71. The maximum absolute atomic E-state index is 11.8. The SMILES string of the molecule is O=C(NCCc1ccc(CO)cc1)C1(Br)CCC1. The second-order valence-electron chi connectivity index (χ2n) is 4.80. The minimum atomic E-state index is -0.298. The Balaban J connectivity index is 1.76. The molecule has 3 nitrogen and oxygen atoms in total. The summed E-state index contributed by atoms with van der Waals surface area (Å²) in [6.45, 7) is 0.730. The van der Waals surface area contributed by atoms with E-state index in [1.54, 1.807) is 0 Å². The van der Waals surface area contributed by atoms with Crippen LogP contribution in [-0.2, 0) is 17.8 Å². The normalized spacial score (nSPS) is 17.0. The zero-order chi connectivity index (χ0) is 13.0.